The molecule has 0 radical (unpaired) electrons. The number of aromatic nitrogens is 2. The maximum Gasteiger partial charge on any atom is 0.330 e. The largest absolute Gasteiger partial charge is 0.370 e. The highest BCUT2D eigenvalue weighted by Crippen LogP contribution is 2.46. The molecular weight excluding hydrogens is 236 g/mol. The van der Waals surface area contributed by atoms with Gasteiger partial charge in [0, 0.05) is 25.3 Å². The minimum atomic E-state index is -0.448. The molecule has 2 saturated heterocycles. The number of ether oxygens (including phenoxy) is 2. The van der Waals surface area contributed by atoms with Gasteiger partial charge in [-0.3, -0.25) is 14.3 Å². The second-order valence-corrected chi connectivity index (χ2v) is 5.04. The Kier molecular flexibility index (Phi) is 2.64. The van der Waals surface area contributed by atoms with Crippen LogP contribution < -0.4 is 11.2 Å². The number of H-pyrrole nitrogens is 1. The maximum absolute atomic E-state index is 11.8. The smallest absolute Gasteiger partial charge is 0.330 e. The molecule has 0 saturated carbocycles. The highest BCUT2D eigenvalue weighted by Gasteiger charge is 2.51. The summed E-state index contributed by atoms with van der Waals surface area (Å²) in [6, 6.07) is 1.33. The molecule has 0 aromatic carbocycles. The van der Waals surface area contributed by atoms with Crippen LogP contribution in [0.25, 0.3) is 0 Å². The molecule has 2 aliphatic rings. The standard InChI is InChI=1S/C12H16N2O4/c1-8-7-12(4-2-6-17-12)10(18-8)14-5-3-9(15)13-11(14)16/h3,5,8,10H,2,4,6-7H2,1H3,(H,13,15,16)/t8?,10?,12-/m1/s1. The Hall–Kier alpha value is -1.40. The van der Waals surface area contributed by atoms with E-state index in [-0.39, 0.29) is 6.10 Å². The van der Waals surface area contributed by atoms with E-state index in [9.17, 15) is 9.59 Å². The molecule has 1 aromatic heterocycles. The predicted molar refractivity (Wildman–Crippen MR) is 63.4 cm³/mol. The van der Waals surface area contributed by atoms with Crippen molar-refractivity contribution in [2.45, 2.75) is 44.1 Å². The van der Waals surface area contributed by atoms with Gasteiger partial charge in [0.2, 0.25) is 0 Å². The van der Waals surface area contributed by atoms with Crippen molar-refractivity contribution in [1.29, 1.82) is 0 Å². The number of rotatable bonds is 1. The summed E-state index contributed by atoms with van der Waals surface area (Å²) in [5.74, 6) is 0. The summed E-state index contributed by atoms with van der Waals surface area (Å²) in [6.45, 7) is 2.67. The molecule has 3 rings (SSSR count). The molecule has 0 aliphatic carbocycles. The highest BCUT2D eigenvalue weighted by atomic mass is 16.6. The second kappa shape index (κ2) is 4.07. The molecule has 0 bridgehead atoms. The van der Waals surface area contributed by atoms with E-state index >= 15 is 0 Å². The molecule has 3 heterocycles. The van der Waals surface area contributed by atoms with Crippen LogP contribution in [0.2, 0.25) is 0 Å². The molecular formula is C12H16N2O4. The van der Waals surface area contributed by atoms with Crippen LogP contribution in [0, 0.1) is 0 Å². The first kappa shape index (κ1) is 11.7. The number of nitrogens with zero attached hydrogens (tertiary/aromatic N) is 1. The molecule has 1 spiro atoms. The van der Waals surface area contributed by atoms with Crippen molar-refractivity contribution in [3.8, 4) is 0 Å². The van der Waals surface area contributed by atoms with Crippen molar-refractivity contribution in [3.63, 3.8) is 0 Å². The van der Waals surface area contributed by atoms with Gasteiger partial charge in [-0.1, -0.05) is 0 Å². The van der Waals surface area contributed by atoms with Gasteiger partial charge < -0.3 is 9.47 Å². The van der Waals surface area contributed by atoms with Gasteiger partial charge in [0.05, 0.1) is 6.10 Å². The SMILES string of the molecule is CC1C[C@]2(CCCO2)C(n2ccc(=O)[nH]c2=O)O1. The first-order valence-electron chi connectivity index (χ1n) is 6.22. The van der Waals surface area contributed by atoms with E-state index in [0.29, 0.717) is 6.61 Å². The minimum absolute atomic E-state index is 0.0481. The molecule has 1 N–H and O–H groups in total. The highest BCUT2D eigenvalue weighted by molar-refractivity contribution is 4.99. The normalized spacial score (nSPS) is 35.4. The van der Waals surface area contributed by atoms with Crippen LogP contribution in [0.3, 0.4) is 0 Å². The van der Waals surface area contributed by atoms with Crippen molar-refractivity contribution in [2.24, 2.45) is 0 Å². The van der Waals surface area contributed by atoms with Crippen molar-refractivity contribution < 1.29 is 9.47 Å². The first-order valence-corrected chi connectivity index (χ1v) is 6.22. The first-order chi connectivity index (χ1) is 8.61. The van der Waals surface area contributed by atoms with Gasteiger partial charge >= 0.3 is 5.69 Å². The lowest BCUT2D eigenvalue weighted by atomic mass is 9.94. The Bertz CT molecular complexity index is 556. The van der Waals surface area contributed by atoms with Gasteiger partial charge in [-0.15, -0.1) is 0 Å². The summed E-state index contributed by atoms with van der Waals surface area (Å²) >= 11 is 0. The van der Waals surface area contributed by atoms with Gasteiger partial charge in [-0.2, -0.15) is 0 Å². The molecule has 3 atom stereocenters. The Labute approximate surface area is 104 Å². The van der Waals surface area contributed by atoms with E-state index in [2.05, 4.69) is 4.98 Å². The van der Waals surface area contributed by atoms with E-state index in [1.54, 1.807) is 0 Å². The molecule has 2 fully saturated rings. The fraction of sp³-hybridized carbons (Fsp3) is 0.667. The predicted octanol–water partition coefficient (Wildman–Crippen LogP) is 0.393. The van der Waals surface area contributed by atoms with Gasteiger partial charge in [0.15, 0.2) is 6.23 Å². The van der Waals surface area contributed by atoms with Crippen molar-refractivity contribution in [1.82, 2.24) is 9.55 Å². The molecule has 0 amide bonds. The van der Waals surface area contributed by atoms with Crippen molar-refractivity contribution in [2.75, 3.05) is 6.61 Å². The molecule has 2 aliphatic heterocycles. The van der Waals surface area contributed by atoms with Crippen LogP contribution >= 0.6 is 0 Å². The van der Waals surface area contributed by atoms with Crippen LogP contribution in [0.1, 0.15) is 32.4 Å². The lowest BCUT2D eigenvalue weighted by Gasteiger charge is -2.29. The number of nitrogens with one attached hydrogen (secondary N) is 1. The van der Waals surface area contributed by atoms with Gasteiger partial charge in [-0.05, 0) is 19.8 Å². The lowest BCUT2D eigenvalue weighted by Crippen LogP contribution is -2.41. The monoisotopic (exact) mass is 252 g/mol. The molecule has 2 unspecified atom stereocenters. The fourth-order valence-corrected chi connectivity index (χ4v) is 2.99. The summed E-state index contributed by atoms with van der Waals surface area (Å²) in [5.41, 5.74) is -1.26. The Balaban J connectivity index is 2.04. The number of hydrogen-bond acceptors (Lipinski definition) is 4. The van der Waals surface area contributed by atoms with Gasteiger partial charge in [-0.25, -0.2) is 4.79 Å². The summed E-state index contributed by atoms with van der Waals surface area (Å²) < 4.78 is 13.1. The van der Waals surface area contributed by atoms with Crippen molar-refractivity contribution >= 4 is 0 Å². The van der Waals surface area contributed by atoms with Gasteiger partial charge in [0.25, 0.3) is 5.56 Å². The zero-order valence-electron chi connectivity index (χ0n) is 10.2. The third-order valence-electron chi connectivity index (χ3n) is 3.68. The molecule has 98 valence electrons. The molecule has 6 heteroatoms. The summed E-state index contributed by atoms with van der Waals surface area (Å²) in [5, 5.41) is 0. The van der Waals surface area contributed by atoms with Crippen LogP contribution in [0.15, 0.2) is 21.9 Å². The maximum atomic E-state index is 11.8. The fourth-order valence-electron chi connectivity index (χ4n) is 2.99. The van der Waals surface area contributed by atoms with Gasteiger partial charge in [0.1, 0.15) is 5.60 Å². The van der Waals surface area contributed by atoms with Crippen LogP contribution in [0.5, 0.6) is 0 Å². The summed E-state index contributed by atoms with van der Waals surface area (Å²) in [7, 11) is 0. The number of hydrogen-bond donors (Lipinski definition) is 1. The van der Waals surface area contributed by atoms with E-state index in [0.717, 1.165) is 19.3 Å². The van der Waals surface area contributed by atoms with Crippen molar-refractivity contribution in [3.05, 3.63) is 33.1 Å². The van der Waals surface area contributed by atoms with Crippen LogP contribution in [0.4, 0.5) is 0 Å². The quantitative estimate of drug-likeness (QED) is 0.785. The second-order valence-electron chi connectivity index (χ2n) is 5.04. The van der Waals surface area contributed by atoms with E-state index in [1.807, 2.05) is 6.92 Å². The minimum Gasteiger partial charge on any atom is -0.370 e. The Morgan fingerprint density at radius 1 is 1.50 bits per heavy atom. The van der Waals surface area contributed by atoms with Crippen LogP contribution in [-0.4, -0.2) is 27.9 Å². The Morgan fingerprint density at radius 2 is 2.33 bits per heavy atom. The van der Waals surface area contributed by atoms with E-state index in [1.165, 1.54) is 16.8 Å². The molecule has 6 nitrogen and oxygen atoms in total. The number of aromatic amines is 1. The molecule has 18 heavy (non-hydrogen) atoms. The zero-order chi connectivity index (χ0) is 12.8. The average molecular weight is 252 g/mol. The zero-order valence-corrected chi connectivity index (χ0v) is 10.2. The van der Waals surface area contributed by atoms with E-state index < -0.39 is 23.1 Å². The third-order valence-corrected chi connectivity index (χ3v) is 3.68. The third kappa shape index (κ3) is 1.72. The lowest BCUT2D eigenvalue weighted by molar-refractivity contribution is -0.101. The Morgan fingerprint density at radius 3 is 3.00 bits per heavy atom. The van der Waals surface area contributed by atoms with Crippen LogP contribution in [-0.2, 0) is 9.47 Å². The van der Waals surface area contributed by atoms with E-state index in [4.69, 9.17) is 9.47 Å². The topological polar surface area (TPSA) is 73.3 Å². The summed E-state index contributed by atoms with van der Waals surface area (Å²) in [6.07, 6.45) is 3.72. The average Bonchev–Trinajstić information content (AvgIpc) is 2.88. The molecule has 1 aromatic rings. The summed E-state index contributed by atoms with van der Waals surface area (Å²) in [4.78, 5) is 25.2.